The van der Waals surface area contributed by atoms with Crippen molar-refractivity contribution in [2.75, 3.05) is 6.54 Å². The molecule has 2 fully saturated rings. The molecule has 0 bridgehead atoms. The molecule has 0 spiro atoms. The lowest BCUT2D eigenvalue weighted by molar-refractivity contribution is -0.149. The first-order valence-corrected chi connectivity index (χ1v) is 11.8. The fraction of sp³-hybridized carbons (Fsp3) is 0.880. The molecule has 0 saturated heterocycles. The van der Waals surface area contributed by atoms with Gasteiger partial charge in [-0.15, -0.1) is 0 Å². The molecule has 0 aliphatic heterocycles. The van der Waals surface area contributed by atoms with Crippen molar-refractivity contribution in [1.82, 2.24) is 5.32 Å². The smallest absolute Gasteiger partial charge is 0.220 e. The third kappa shape index (κ3) is 3.93. The summed E-state index contributed by atoms with van der Waals surface area (Å²) in [6.07, 6.45) is 10.7. The molecule has 1 amide bonds. The standard InChI is InChI=1S/C25H43NO2/c1-6-7-16-26-23(28)13-10-18-17(2)8-11-20-19(18)9-12-21-24(3,4)22(27)14-15-25(20,21)5/h19-22,27H,6-16H2,1-5H3,(H,26,28)/t19-,20-,21-,22-,25+/m0/s1. The number of carbonyl (C=O) groups excluding carboxylic acids is 1. The molecule has 0 radical (unpaired) electrons. The summed E-state index contributed by atoms with van der Waals surface area (Å²) in [4.78, 5) is 12.3. The summed E-state index contributed by atoms with van der Waals surface area (Å²) in [7, 11) is 0. The van der Waals surface area contributed by atoms with E-state index in [0.29, 0.717) is 23.7 Å². The lowest BCUT2D eigenvalue weighted by atomic mass is 9.43. The zero-order valence-corrected chi connectivity index (χ0v) is 18.9. The molecule has 3 aliphatic carbocycles. The fourth-order valence-electron chi connectivity index (χ4n) is 7.17. The summed E-state index contributed by atoms with van der Waals surface area (Å²) >= 11 is 0. The summed E-state index contributed by atoms with van der Waals surface area (Å²) in [6, 6.07) is 0. The maximum Gasteiger partial charge on any atom is 0.220 e. The van der Waals surface area contributed by atoms with Gasteiger partial charge in [-0.05, 0) is 86.9 Å². The molecule has 2 N–H and O–H groups in total. The van der Waals surface area contributed by atoms with E-state index in [1.807, 2.05) is 0 Å². The maximum atomic E-state index is 12.3. The number of hydrogen-bond acceptors (Lipinski definition) is 2. The first-order chi connectivity index (χ1) is 13.2. The second-order valence-electron chi connectivity index (χ2n) is 10.8. The van der Waals surface area contributed by atoms with Gasteiger partial charge in [-0.1, -0.05) is 45.3 Å². The van der Waals surface area contributed by atoms with Crippen LogP contribution in [0.2, 0.25) is 0 Å². The summed E-state index contributed by atoms with van der Waals surface area (Å²) in [5.41, 5.74) is 3.51. The first-order valence-electron chi connectivity index (χ1n) is 11.8. The van der Waals surface area contributed by atoms with Gasteiger partial charge >= 0.3 is 0 Å². The molecular formula is C25H43NO2. The van der Waals surface area contributed by atoms with E-state index < -0.39 is 0 Å². The highest BCUT2D eigenvalue weighted by Crippen LogP contribution is 2.64. The third-order valence-electron chi connectivity index (χ3n) is 8.91. The molecular weight excluding hydrogens is 346 g/mol. The minimum absolute atomic E-state index is 0.0213. The van der Waals surface area contributed by atoms with E-state index in [0.717, 1.165) is 44.6 Å². The maximum absolute atomic E-state index is 12.3. The predicted molar refractivity (Wildman–Crippen MR) is 116 cm³/mol. The number of aliphatic hydroxyl groups excluding tert-OH is 1. The van der Waals surface area contributed by atoms with Crippen LogP contribution >= 0.6 is 0 Å². The van der Waals surface area contributed by atoms with Gasteiger partial charge in [0.25, 0.3) is 0 Å². The van der Waals surface area contributed by atoms with Crippen LogP contribution in [0, 0.1) is 28.6 Å². The molecule has 3 rings (SSSR count). The van der Waals surface area contributed by atoms with Crippen molar-refractivity contribution in [3.05, 3.63) is 11.1 Å². The van der Waals surface area contributed by atoms with Crippen LogP contribution in [0.1, 0.15) is 98.8 Å². The molecule has 28 heavy (non-hydrogen) atoms. The van der Waals surface area contributed by atoms with E-state index in [1.54, 1.807) is 11.1 Å². The second-order valence-corrected chi connectivity index (χ2v) is 10.8. The van der Waals surface area contributed by atoms with Crippen LogP contribution in [0.5, 0.6) is 0 Å². The molecule has 3 nitrogen and oxygen atoms in total. The number of fused-ring (bicyclic) bond motifs is 3. The van der Waals surface area contributed by atoms with Gasteiger partial charge in [-0.25, -0.2) is 0 Å². The Labute approximate surface area is 172 Å². The van der Waals surface area contributed by atoms with Crippen molar-refractivity contribution < 1.29 is 9.90 Å². The Bertz CT molecular complexity index is 608. The Morgan fingerprint density at radius 3 is 2.64 bits per heavy atom. The predicted octanol–water partition coefficient (Wildman–Crippen LogP) is 5.62. The lowest BCUT2D eigenvalue weighted by Crippen LogP contribution is -2.56. The van der Waals surface area contributed by atoms with E-state index in [2.05, 4.69) is 39.9 Å². The Morgan fingerprint density at radius 2 is 1.93 bits per heavy atom. The van der Waals surface area contributed by atoms with Crippen LogP contribution in [0.4, 0.5) is 0 Å². The Hall–Kier alpha value is -0.830. The first kappa shape index (κ1) is 21.9. The molecule has 0 aromatic heterocycles. The van der Waals surface area contributed by atoms with E-state index in [4.69, 9.17) is 0 Å². The number of amides is 1. The van der Waals surface area contributed by atoms with E-state index in [9.17, 15) is 9.90 Å². The van der Waals surface area contributed by atoms with Crippen LogP contribution < -0.4 is 5.32 Å². The van der Waals surface area contributed by atoms with Crippen molar-refractivity contribution in [1.29, 1.82) is 0 Å². The quantitative estimate of drug-likeness (QED) is 0.457. The highest BCUT2D eigenvalue weighted by atomic mass is 16.3. The molecule has 0 aromatic carbocycles. The molecule has 3 aliphatic rings. The van der Waals surface area contributed by atoms with Crippen molar-refractivity contribution in [2.24, 2.45) is 28.6 Å². The van der Waals surface area contributed by atoms with Crippen molar-refractivity contribution in [3.8, 4) is 0 Å². The summed E-state index contributed by atoms with van der Waals surface area (Å²) in [5.74, 6) is 2.21. The average Bonchev–Trinajstić information content (AvgIpc) is 2.64. The topological polar surface area (TPSA) is 49.3 Å². The van der Waals surface area contributed by atoms with Gasteiger partial charge in [0.1, 0.15) is 0 Å². The Balaban J connectivity index is 1.72. The van der Waals surface area contributed by atoms with Gasteiger partial charge in [-0.3, -0.25) is 4.79 Å². The second kappa shape index (κ2) is 8.50. The van der Waals surface area contributed by atoms with Crippen LogP contribution in [0.15, 0.2) is 11.1 Å². The van der Waals surface area contributed by atoms with Crippen LogP contribution in [-0.4, -0.2) is 23.7 Å². The van der Waals surface area contributed by atoms with E-state index in [1.165, 1.54) is 25.7 Å². The third-order valence-corrected chi connectivity index (χ3v) is 8.91. The molecule has 0 aromatic rings. The van der Waals surface area contributed by atoms with Crippen molar-refractivity contribution in [2.45, 2.75) is 105 Å². The minimum Gasteiger partial charge on any atom is -0.393 e. The highest BCUT2D eigenvalue weighted by molar-refractivity contribution is 5.76. The van der Waals surface area contributed by atoms with Crippen LogP contribution in [0.3, 0.4) is 0 Å². The fourth-order valence-corrected chi connectivity index (χ4v) is 7.17. The van der Waals surface area contributed by atoms with Crippen molar-refractivity contribution >= 4 is 5.91 Å². The normalized spacial score (nSPS) is 37.2. The summed E-state index contributed by atoms with van der Waals surface area (Å²) in [6.45, 7) is 12.4. The van der Waals surface area contributed by atoms with Gasteiger partial charge < -0.3 is 10.4 Å². The number of allylic oxidation sites excluding steroid dienone is 2. The van der Waals surface area contributed by atoms with Gasteiger partial charge in [0.15, 0.2) is 0 Å². The summed E-state index contributed by atoms with van der Waals surface area (Å²) in [5, 5.41) is 13.7. The number of aliphatic hydroxyl groups is 1. The SMILES string of the molecule is CCCCNC(=O)CCC1=C(C)CC[C@H]2[C@H]1CC[C@H]1C(C)(C)[C@@H](O)CC[C@]21C. The van der Waals surface area contributed by atoms with Gasteiger partial charge in [0.2, 0.25) is 5.91 Å². The van der Waals surface area contributed by atoms with Gasteiger partial charge in [0.05, 0.1) is 6.10 Å². The van der Waals surface area contributed by atoms with Crippen LogP contribution in [0.25, 0.3) is 0 Å². The highest BCUT2D eigenvalue weighted by Gasteiger charge is 2.58. The lowest BCUT2D eigenvalue weighted by Gasteiger charge is -2.62. The number of nitrogens with one attached hydrogen (secondary N) is 1. The number of carbonyl (C=O) groups is 1. The number of unbranched alkanes of at least 4 members (excludes halogenated alkanes) is 1. The zero-order chi connectivity index (χ0) is 20.5. The molecule has 0 unspecified atom stereocenters. The van der Waals surface area contributed by atoms with E-state index in [-0.39, 0.29) is 17.4 Å². The number of hydrogen-bond donors (Lipinski definition) is 2. The zero-order valence-electron chi connectivity index (χ0n) is 18.9. The molecule has 160 valence electrons. The molecule has 0 heterocycles. The largest absolute Gasteiger partial charge is 0.393 e. The molecule has 3 heteroatoms. The average molecular weight is 390 g/mol. The Kier molecular flexibility index (Phi) is 6.64. The minimum atomic E-state index is -0.158. The molecule has 5 atom stereocenters. The van der Waals surface area contributed by atoms with E-state index >= 15 is 0 Å². The Morgan fingerprint density at radius 1 is 1.18 bits per heavy atom. The summed E-state index contributed by atoms with van der Waals surface area (Å²) < 4.78 is 0. The van der Waals surface area contributed by atoms with Gasteiger partial charge in [0, 0.05) is 13.0 Å². The number of rotatable bonds is 6. The van der Waals surface area contributed by atoms with Crippen molar-refractivity contribution in [3.63, 3.8) is 0 Å². The monoisotopic (exact) mass is 389 g/mol. The van der Waals surface area contributed by atoms with Crippen LogP contribution in [-0.2, 0) is 4.79 Å². The molecule has 2 saturated carbocycles. The van der Waals surface area contributed by atoms with Gasteiger partial charge in [-0.2, -0.15) is 0 Å².